The van der Waals surface area contributed by atoms with Gasteiger partial charge in [-0.2, -0.15) is 0 Å². The van der Waals surface area contributed by atoms with Crippen molar-refractivity contribution < 1.29 is 19.1 Å². The fourth-order valence-electron chi connectivity index (χ4n) is 1.82. The number of rotatable bonds is 7. The van der Waals surface area contributed by atoms with Crippen molar-refractivity contribution in [2.75, 3.05) is 38.0 Å². The van der Waals surface area contributed by atoms with Gasteiger partial charge in [0.25, 0.3) is 5.91 Å². The Bertz CT molecular complexity index is 686. The van der Waals surface area contributed by atoms with Gasteiger partial charge < -0.3 is 20.1 Å². The fourth-order valence-corrected chi connectivity index (χ4v) is 1.82. The Kier molecular flexibility index (Phi) is 6.21. The zero-order chi connectivity index (χ0) is 17.4. The molecule has 0 aliphatic carbocycles. The Morgan fingerprint density at radius 2 is 1.83 bits per heavy atom. The minimum atomic E-state index is -0.435. The molecule has 0 atom stereocenters. The van der Waals surface area contributed by atoms with E-state index in [0.29, 0.717) is 30.2 Å². The molecular formula is C16H18N4O4. The van der Waals surface area contributed by atoms with Crippen LogP contribution in [0.1, 0.15) is 20.8 Å². The second-order valence-corrected chi connectivity index (χ2v) is 4.73. The van der Waals surface area contributed by atoms with Gasteiger partial charge in [-0.1, -0.05) is 0 Å². The predicted molar refractivity (Wildman–Crippen MR) is 88.1 cm³/mol. The lowest BCUT2D eigenvalue weighted by Gasteiger charge is -2.07. The highest BCUT2D eigenvalue weighted by Crippen LogP contribution is 2.11. The average molecular weight is 330 g/mol. The van der Waals surface area contributed by atoms with Crippen molar-refractivity contribution >= 4 is 23.4 Å². The van der Waals surface area contributed by atoms with Gasteiger partial charge in [0.05, 0.1) is 31.7 Å². The number of anilines is 2. The second-order valence-electron chi connectivity index (χ2n) is 4.73. The van der Waals surface area contributed by atoms with Crippen molar-refractivity contribution in [2.45, 2.75) is 0 Å². The van der Waals surface area contributed by atoms with Crippen molar-refractivity contribution in [3.05, 3.63) is 47.9 Å². The number of amides is 1. The fraction of sp³-hybridized carbons (Fsp3) is 0.250. The molecule has 24 heavy (non-hydrogen) atoms. The van der Waals surface area contributed by atoms with Gasteiger partial charge >= 0.3 is 5.97 Å². The lowest BCUT2D eigenvalue weighted by Crippen LogP contribution is -2.15. The molecule has 0 unspecified atom stereocenters. The molecule has 0 saturated carbocycles. The van der Waals surface area contributed by atoms with Gasteiger partial charge in [-0.15, -0.1) is 0 Å². The smallest absolute Gasteiger partial charge is 0.337 e. The van der Waals surface area contributed by atoms with Crippen molar-refractivity contribution in [1.82, 2.24) is 9.97 Å². The Morgan fingerprint density at radius 1 is 1.08 bits per heavy atom. The van der Waals surface area contributed by atoms with Crippen molar-refractivity contribution in [2.24, 2.45) is 0 Å². The molecule has 126 valence electrons. The van der Waals surface area contributed by atoms with Crippen LogP contribution in [0.4, 0.5) is 11.5 Å². The maximum absolute atomic E-state index is 12.1. The summed E-state index contributed by atoms with van der Waals surface area (Å²) in [6.45, 7) is 1.15. The van der Waals surface area contributed by atoms with Crippen LogP contribution in [0.3, 0.4) is 0 Å². The number of nitrogens with zero attached hydrogens (tertiary/aromatic N) is 2. The predicted octanol–water partition coefficient (Wildman–Crippen LogP) is 1.57. The molecular weight excluding hydrogens is 312 g/mol. The lowest BCUT2D eigenvalue weighted by molar-refractivity contribution is 0.0600. The first-order valence-electron chi connectivity index (χ1n) is 7.18. The van der Waals surface area contributed by atoms with E-state index < -0.39 is 11.9 Å². The number of ether oxygens (including phenoxy) is 2. The molecule has 2 aromatic rings. The van der Waals surface area contributed by atoms with E-state index in [1.54, 1.807) is 31.4 Å². The van der Waals surface area contributed by atoms with Gasteiger partial charge in [-0.3, -0.25) is 4.79 Å². The summed E-state index contributed by atoms with van der Waals surface area (Å²) in [5.74, 6) is -0.266. The minimum absolute atomic E-state index is 0.185. The molecule has 1 heterocycles. The van der Waals surface area contributed by atoms with E-state index in [4.69, 9.17) is 4.74 Å². The van der Waals surface area contributed by atoms with Crippen LogP contribution in [-0.2, 0) is 9.47 Å². The van der Waals surface area contributed by atoms with Gasteiger partial charge in [0.15, 0.2) is 0 Å². The monoisotopic (exact) mass is 330 g/mol. The van der Waals surface area contributed by atoms with E-state index in [9.17, 15) is 9.59 Å². The Hall–Kier alpha value is -3.00. The van der Waals surface area contributed by atoms with E-state index in [-0.39, 0.29) is 5.69 Å². The zero-order valence-corrected chi connectivity index (χ0v) is 13.4. The van der Waals surface area contributed by atoms with Crippen LogP contribution in [-0.4, -0.2) is 49.2 Å². The highest BCUT2D eigenvalue weighted by molar-refractivity contribution is 6.03. The summed E-state index contributed by atoms with van der Waals surface area (Å²) in [5, 5.41) is 5.69. The largest absolute Gasteiger partial charge is 0.465 e. The molecule has 0 aliphatic rings. The SMILES string of the molecule is COCCNc1cnc(C(=O)Nc2ccc(C(=O)OC)cc2)cn1. The first-order chi connectivity index (χ1) is 11.6. The molecule has 0 aliphatic heterocycles. The maximum atomic E-state index is 12.1. The molecule has 1 aromatic heterocycles. The number of hydrogen-bond donors (Lipinski definition) is 2. The summed E-state index contributed by atoms with van der Waals surface area (Å²) >= 11 is 0. The van der Waals surface area contributed by atoms with Crippen LogP contribution in [0.2, 0.25) is 0 Å². The summed E-state index contributed by atoms with van der Waals surface area (Å²) in [4.78, 5) is 31.6. The van der Waals surface area contributed by atoms with Gasteiger partial charge in [0.2, 0.25) is 0 Å². The Balaban J connectivity index is 1.95. The number of aromatic nitrogens is 2. The molecule has 0 radical (unpaired) electrons. The number of carbonyl (C=O) groups excluding carboxylic acids is 2. The van der Waals surface area contributed by atoms with Crippen LogP contribution in [0.5, 0.6) is 0 Å². The summed E-state index contributed by atoms with van der Waals surface area (Å²) in [5.41, 5.74) is 1.13. The standard InChI is InChI=1S/C16H18N4O4/c1-23-8-7-17-14-10-18-13(9-19-14)15(21)20-12-5-3-11(4-6-12)16(22)24-2/h3-6,9-10H,7-8H2,1-2H3,(H,17,19)(H,20,21). The van der Waals surface area contributed by atoms with Crippen molar-refractivity contribution in [1.29, 1.82) is 0 Å². The van der Waals surface area contributed by atoms with Gasteiger partial charge in [-0.25, -0.2) is 14.8 Å². The zero-order valence-electron chi connectivity index (χ0n) is 13.4. The van der Waals surface area contributed by atoms with E-state index in [0.717, 1.165) is 0 Å². The van der Waals surface area contributed by atoms with E-state index in [2.05, 4.69) is 25.3 Å². The van der Waals surface area contributed by atoms with Crippen LogP contribution in [0.15, 0.2) is 36.7 Å². The van der Waals surface area contributed by atoms with Crippen molar-refractivity contribution in [3.8, 4) is 0 Å². The van der Waals surface area contributed by atoms with Crippen LogP contribution >= 0.6 is 0 Å². The summed E-state index contributed by atoms with van der Waals surface area (Å²) < 4.78 is 9.53. The number of nitrogens with one attached hydrogen (secondary N) is 2. The number of benzene rings is 1. The Labute approximate surface area is 139 Å². The second kappa shape index (κ2) is 8.59. The quantitative estimate of drug-likeness (QED) is 0.587. The third-order valence-electron chi connectivity index (χ3n) is 3.06. The summed E-state index contributed by atoms with van der Waals surface area (Å²) in [7, 11) is 2.92. The molecule has 1 aromatic carbocycles. The van der Waals surface area contributed by atoms with E-state index >= 15 is 0 Å². The first-order valence-corrected chi connectivity index (χ1v) is 7.18. The molecule has 8 nitrogen and oxygen atoms in total. The first kappa shape index (κ1) is 17.4. The normalized spacial score (nSPS) is 10.1. The molecule has 0 bridgehead atoms. The molecule has 0 fully saturated rings. The molecule has 0 saturated heterocycles. The number of hydrogen-bond acceptors (Lipinski definition) is 7. The van der Waals surface area contributed by atoms with E-state index in [1.165, 1.54) is 19.5 Å². The number of esters is 1. The lowest BCUT2D eigenvalue weighted by atomic mass is 10.2. The summed E-state index contributed by atoms with van der Waals surface area (Å²) in [6.07, 6.45) is 2.86. The van der Waals surface area contributed by atoms with E-state index in [1.807, 2.05) is 0 Å². The minimum Gasteiger partial charge on any atom is -0.465 e. The number of methoxy groups -OCH3 is 2. The van der Waals surface area contributed by atoms with Crippen molar-refractivity contribution in [3.63, 3.8) is 0 Å². The highest BCUT2D eigenvalue weighted by atomic mass is 16.5. The third kappa shape index (κ3) is 4.75. The molecule has 2 rings (SSSR count). The molecule has 2 N–H and O–H groups in total. The number of carbonyl (C=O) groups is 2. The van der Waals surface area contributed by atoms with Crippen LogP contribution in [0.25, 0.3) is 0 Å². The topological polar surface area (TPSA) is 102 Å². The average Bonchev–Trinajstić information content (AvgIpc) is 2.62. The molecule has 1 amide bonds. The summed E-state index contributed by atoms with van der Waals surface area (Å²) in [6, 6.07) is 6.35. The van der Waals surface area contributed by atoms with Crippen LogP contribution < -0.4 is 10.6 Å². The molecule has 8 heteroatoms. The molecule has 0 spiro atoms. The van der Waals surface area contributed by atoms with Gasteiger partial charge in [-0.05, 0) is 24.3 Å². The van der Waals surface area contributed by atoms with Gasteiger partial charge in [0.1, 0.15) is 11.5 Å². The highest BCUT2D eigenvalue weighted by Gasteiger charge is 2.10. The van der Waals surface area contributed by atoms with Crippen LogP contribution in [0, 0.1) is 0 Å². The third-order valence-corrected chi connectivity index (χ3v) is 3.06. The Morgan fingerprint density at radius 3 is 2.42 bits per heavy atom. The maximum Gasteiger partial charge on any atom is 0.337 e. The van der Waals surface area contributed by atoms with Gasteiger partial charge in [0, 0.05) is 19.3 Å².